The normalized spacial score (nSPS) is 21.5. The average molecular weight is 616 g/mol. The number of nitrogens with zero attached hydrogens (tertiary/aromatic N) is 8. The van der Waals surface area contributed by atoms with Crippen LogP contribution in [0.3, 0.4) is 0 Å². The van der Waals surface area contributed by atoms with Gasteiger partial charge in [-0.15, -0.1) is 0 Å². The third-order valence-corrected chi connectivity index (χ3v) is 9.45. The van der Waals surface area contributed by atoms with E-state index in [0.29, 0.717) is 29.3 Å². The number of ether oxygens (including phenoxy) is 1. The molecular weight excluding hydrogens is 578 g/mol. The third kappa shape index (κ3) is 5.33. The molecule has 0 radical (unpaired) electrons. The molecule has 0 unspecified atom stereocenters. The Morgan fingerprint density at radius 2 is 1.39 bits per heavy atom. The van der Waals surface area contributed by atoms with E-state index >= 15 is 0 Å². The lowest BCUT2D eigenvalue weighted by Crippen LogP contribution is -2.51. The van der Waals surface area contributed by atoms with Crippen molar-refractivity contribution >= 4 is 46.3 Å². The average Bonchev–Trinajstić information content (AvgIpc) is 3.43. The van der Waals surface area contributed by atoms with Crippen molar-refractivity contribution in [1.29, 1.82) is 0 Å². The summed E-state index contributed by atoms with van der Waals surface area (Å²) in [5.74, 6) is 1.40. The van der Waals surface area contributed by atoms with Crippen molar-refractivity contribution in [3.05, 3.63) is 70.4 Å². The number of aromatic nitrogens is 4. The maximum atomic E-state index is 13.7. The first-order valence-corrected chi connectivity index (χ1v) is 15.6. The highest BCUT2D eigenvalue weighted by Gasteiger charge is 2.44. The lowest BCUT2D eigenvalue weighted by atomic mass is 9.88. The molecule has 5 heterocycles. The van der Waals surface area contributed by atoms with Gasteiger partial charge < -0.3 is 34.2 Å². The number of anilines is 3. The number of benzene rings is 2. The van der Waals surface area contributed by atoms with Crippen LogP contribution < -0.4 is 14.7 Å². The second kappa shape index (κ2) is 11.9. The number of piperazine rings is 2. The van der Waals surface area contributed by atoms with E-state index in [0.717, 1.165) is 80.1 Å². The third-order valence-electron chi connectivity index (χ3n) is 9.19. The monoisotopic (exact) mass is 615 g/mol. The molecule has 0 saturated carbocycles. The van der Waals surface area contributed by atoms with Crippen LogP contribution in [0.15, 0.2) is 48.5 Å². The van der Waals surface area contributed by atoms with Crippen molar-refractivity contribution in [3.8, 4) is 0 Å². The minimum absolute atomic E-state index is 0.331. The van der Waals surface area contributed by atoms with Gasteiger partial charge in [0.2, 0.25) is 17.8 Å². The Morgan fingerprint density at radius 3 is 1.98 bits per heavy atom. The van der Waals surface area contributed by atoms with Crippen LogP contribution in [0.4, 0.5) is 17.8 Å². The first-order valence-electron chi connectivity index (χ1n) is 15.2. The Hall–Kier alpha value is -3.93. The Kier molecular flexibility index (Phi) is 7.77. The van der Waals surface area contributed by atoms with Crippen LogP contribution in [0.1, 0.15) is 22.9 Å². The number of methoxy groups -OCH3 is 1. The molecule has 230 valence electrons. The van der Waals surface area contributed by atoms with Gasteiger partial charge in [0, 0.05) is 80.4 Å². The van der Waals surface area contributed by atoms with Gasteiger partial charge in [0.05, 0.1) is 13.2 Å². The molecule has 2 aromatic heterocycles. The molecule has 11 nitrogen and oxygen atoms in total. The van der Waals surface area contributed by atoms with Gasteiger partial charge >= 0.3 is 5.97 Å². The number of hydrogen-bond acceptors (Lipinski definition) is 10. The van der Waals surface area contributed by atoms with Crippen molar-refractivity contribution < 1.29 is 9.53 Å². The second-order valence-electron chi connectivity index (χ2n) is 12.0. The van der Waals surface area contributed by atoms with E-state index in [1.165, 1.54) is 7.11 Å². The standard InChI is InChI=1S/C32H38ClN9O2/c1-38-12-16-40(17-13-38)30-35-31(41-18-14-39(2)15-19-41)37-32(36-30)42-26(29(43)44-3)20-24-23-6-4-5-7-25(23)34-27(24)28(42)21-8-10-22(33)11-9-21/h4-11,26,28,34H,12-20H2,1-3H3/t26-,28+/m1/s1. The molecule has 3 aliphatic heterocycles. The number of rotatable bonds is 5. The Balaban J connectivity index is 1.42. The van der Waals surface area contributed by atoms with E-state index in [-0.39, 0.29) is 5.97 Å². The summed E-state index contributed by atoms with van der Waals surface area (Å²) in [6, 6.07) is 15.0. The molecule has 2 atom stereocenters. The predicted octanol–water partition coefficient (Wildman–Crippen LogP) is 3.20. The topological polar surface area (TPSA) is 97.0 Å². The van der Waals surface area contributed by atoms with Gasteiger partial charge in [0.15, 0.2) is 0 Å². The van der Waals surface area contributed by atoms with Crippen LogP contribution in [0.5, 0.6) is 0 Å². The first-order chi connectivity index (χ1) is 21.4. The van der Waals surface area contributed by atoms with E-state index in [2.05, 4.69) is 50.8 Å². The summed E-state index contributed by atoms with van der Waals surface area (Å²) in [4.78, 5) is 43.8. The van der Waals surface area contributed by atoms with Crippen LogP contribution >= 0.6 is 11.6 Å². The van der Waals surface area contributed by atoms with Crippen molar-refractivity contribution in [1.82, 2.24) is 29.7 Å². The highest BCUT2D eigenvalue weighted by molar-refractivity contribution is 6.30. The molecule has 7 rings (SSSR count). The van der Waals surface area contributed by atoms with Gasteiger partial charge in [-0.1, -0.05) is 41.9 Å². The van der Waals surface area contributed by atoms with Crippen molar-refractivity contribution in [3.63, 3.8) is 0 Å². The zero-order valence-corrected chi connectivity index (χ0v) is 26.2. The van der Waals surface area contributed by atoms with Crippen LogP contribution in [0.2, 0.25) is 5.02 Å². The number of nitrogens with one attached hydrogen (secondary N) is 1. The molecule has 0 bridgehead atoms. The number of carbonyl (C=O) groups is 1. The van der Waals surface area contributed by atoms with E-state index < -0.39 is 12.1 Å². The largest absolute Gasteiger partial charge is 0.467 e. The Morgan fingerprint density at radius 1 is 0.818 bits per heavy atom. The number of hydrogen-bond donors (Lipinski definition) is 1. The Bertz CT molecular complexity index is 1610. The fourth-order valence-corrected chi connectivity index (χ4v) is 6.73. The highest BCUT2D eigenvalue weighted by atomic mass is 35.5. The van der Waals surface area contributed by atoms with Crippen molar-refractivity contribution in [2.75, 3.05) is 88.3 Å². The number of aromatic amines is 1. The predicted molar refractivity (Wildman–Crippen MR) is 173 cm³/mol. The second-order valence-corrected chi connectivity index (χ2v) is 12.4. The summed E-state index contributed by atoms with van der Waals surface area (Å²) >= 11 is 6.36. The molecule has 2 saturated heterocycles. The zero-order valence-electron chi connectivity index (χ0n) is 25.4. The molecule has 4 aromatic rings. The molecule has 3 aliphatic rings. The van der Waals surface area contributed by atoms with Gasteiger partial charge in [-0.3, -0.25) is 0 Å². The number of H-pyrrole nitrogens is 1. The van der Waals surface area contributed by atoms with Gasteiger partial charge in [-0.25, -0.2) is 4.79 Å². The summed E-state index contributed by atoms with van der Waals surface area (Å²) in [5, 5.41) is 1.74. The Labute approximate surface area is 262 Å². The number of halogens is 1. The quantitative estimate of drug-likeness (QED) is 0.337. The fourth-order valence-electron chi connectivity index (χ4n) is 6.60. The molecule has 0 spiro atoms. The van der Waals surface area contributed by atoms with Crippen molar-refractivity contribution in [2.45, 2.75) is 18.5 Å². The molecule has 2 aromatic carbocycles. The molecule has 0 aliphatic carbocycles. The lowest BCUT2D eigenvalue weighted by Gasteiger charge is -2.42. The minimum Gasteiger partial charge on any atom is -0.467 e. The number of likely N-dealkylation sites (N-methyl/N-ethyl adjacent to an activating group) is 2. The summed E-state index contributed by atoms with van der Waals surface area (Å²) in [6.45, 7) is 6.95. The van der Waals surface area contributed by atoms with E-state index in [9.17, 15) is 4.79 Å². The van der Waals surface area contributed by atoms with Crippen LogP contribution in [0, 0.1) is 0 Å². The van der Waals surface area contributed by atoms with E-state index in [1.807, 2.05) is 41.3 Å². The number of carbonyl (C=O) groups excluding carboxylic acids is 1. The molecule has 1 N–H and O–H groups in total. The molecular formula is C32H38ClN9O2. The minimum atomic E-state index is -0.657. The highest BCUT2D eigenvalue weighted by Crippen LogP contribution is 2.43. The number of para-hydroxylation sites is 1. The van der Waals surface area contributed by atoms with Crippen LogP contribution in [-0.2, 0) is 16.0 Å². The smallest absolute Gasteiger partial charge is 0.328 e. The number of fused-ring (bicyclic) bond motifs is 3. The molecule has 2 fully saturated rings. The van der Waals surface area contributed by atoms with Gasteiger partial charge in [-0.2, -0.15) is 15.0 Å². The molecule has 0 amide bonds. The fraction of sp³-hybridized carbons (Fsp3) is 0.438. The molecule has 12 heteroatoms. The lowest BCUT2D eigenvalue weighted by molar-refractivity contribution is -0.142. The number of esters is 1. The van der Waals surface area contributed by atoms with Crippen molar-refractivity contribution in [2.24, 2.45) is 0 Å². The van der Waals surface area contributed by atoms with E-state index in [1.54, 1.807) is 0 Å². The maximum absolute atomic E-state index is 13.7. The SMILES string of the molecule is COC(=O)[C@H]1Cc2c([nH]c3ccccc23)[C@H](c2ccc(Cl)cc2)N1c1nc(N2CCN(C)CC2)nc(N2CCN(C)CC2)n1. The van der Waals surface area contributed by atoms with Crippen LogP contribution in [0.25, 0.3) is 10.9 Å². The summed E-state index contributed by atoms with van der Waals surface area (Å²) in [7, 11) is 5.71. The van der Waals surface area contributed by atoms with Gasteiger partial charge in [-0.05, 0) is 43.4 Å². The summed E-state index contributed by atoms with van der Waals surface area (Å²) in [5.41, 5.74) is 4.10. The van der Waals surface area contributed by atoms with Gasteiger partial charge in [0.1, 0.15) is 6.04 Å². The van der Waals surface area contributed by atoms with E-state index in [4.69, 9.17) is 31.3 Å². The van der Waals surface area contributed by atoms with Gasteiger partial charge in [0.25, 0.3) is 0 Å². The zero-order chi connectivity index (χ0) is 30.4. The van der Waals surface area contributed by atoms with Crippen LogP contribution in [-0.4, -0.2) is 115 Å². The maximum Gasteiger partial charge on any atom is 0.328 e. The first kappa shape index (κ1) is 28.8. The molecule has 44 heavy (non-hydrogen) atoms. The summed E-state index contributed by atoms with van der Waals surface area (Å²) in [6.07, 6.45) is 0.454. The summed E-state index contributed by atoms with van der Waals surface area (Å²) < 4.78 is 5.45.